The van der Waals surface area contributed by atoms with Crippen LogP contribution in [0.3, 0.4) is 0 Å². The van der Waals surface area contributed by atoms with Crippen LogP contribution in [0.25, 0.3) is 0 Å². The fourth-order valence-electron chi connectivity index (χ4n) is 5.92. The molecule has 8 heteroatoms. The maximum atomic E-state index is 13.8. The second-order valence-electron chi connectivity index (χ2n) is 11.1. The number of likely N-dealkylation sites (tertiary alicyclic amines) is 1. The highest BCUT2D eigenvalue weighted by atomic mass is 16.3. The van der Waals surface area contributed by atoms with E-state index in [0.717, 1.165) is 13.0 Å². The summed E-state index contributed by atoms with van der Waals surface area (Å²) in [5.74, 6) is -0.213. The van der Waals surface area contributed by atoms with Crippen molar-refractivity contribution in [3.05, 3.63) is 0 Å². The van der Waals surface area contributed by atoms with Crippen molar-refractivity contribution >= 4 is 11.8 Å². The molecular formula is C22H37N5O3. The van der Waals surface area contributed by atoms with E-state index in [1.54, 1.807) is 11.9 Å². The summed E-state index contributed by atoms with van der Waals surface area (Å²) in [6, 6.07) is 0.662. The molecule has 3 unspecified atom stereocenters. The first kappa shape index (κ1) is 23.0. The summed E-state index contributed by atoms with van der Waals surface area (Å²) in [6.07, 6.45) is 0.666. The molecule has 3 rings (SSSR count). The number of nitriles is 1. The zero-order valence-corrected chi connectivity index (χ0v) is 19.1. The molecule has 0 spiro atoms. The number of nitrogens with zero attached hydrogens (tertiary/aromatic N) is 3. The van der Waals surface area contributed by atoms with E-state index in [-0.39, 0.29) is 29.1 Å². The molecule has 0 aromatic heterocycles. The number of carbonyl (C=O) groups is 2. The molecule has 2 aliphatic heterocycles. The predicted octanol–water partition coefficient (Wildman–Crippen LogP) is 0.511. The second kappa shape index (κ2) is 7.77. The van der Waals surface area contributed by atoms with Gasteiger partial charge in [-0.15, -0.1) is 0 Å². The number of likely N-dealkylation sites (N-methyl/N-ethyl adjacent to an activating group) is 1. The van der Waals surface area contributed by atoms with Gasteiger partial charge in [0.05, 0.1) is 18.2 Å². The Morgan fingerprint density at radius 1 is 1.40 bits per heavy atom. The Balaban J connectivity index is 1.82. The Morgan fingerprint density at radius 2 is 2.03 bits per heavy atom. The molecule has 0 aromatic rings. The molecule has 2 amide bonds. The summed E-state index contributed by atoms with van der Waals surface area (Å²) < 4.78 is 0. The summed E-state index contributed by atoms with van der Waals surface area (Å²) in [4.78, 5) is 29.5. The van der Waals surface area contributed by atoms with Crippen LogP contribution in [0.2, 0.25) is 0 Å². The fourth-order valence-corrected chi connectivity index (χ4v) is 5.92. The van der Waals surface area contributed by atoms with E-state index in [4.69, 9.17) is 5.73 Å². The molecule has 30 heavy (non-hydrogen) atoms. The number of carbonyl (C=O) groups excluding carboxylic acids is 2. The van der Waals surface area contributed by atoms with Gasteiger partial charge >= 0.3 is 0 Å². The lowest BCUT2D eigenvalue weighted by atomic mass is 9.83. The van der Waals surface area contributed by atoms with Gasteiger partial charge in [-0.25, -0.2) is 0 Å². The Labute approximate surface area is 179 Å². The summed E-state index contributed by atoms with van der Waals surface area (Å²) in [5.41, 5.74) is 5.31. The molecule has 2 saturated heterocycles. The van der Waals surface area contributed by atoms with Crippen molar-refractivity contribution in [2.75, 3.05) is 20.1 Å². The SMILES string of the molecule is CN([C@H](C#N)C[C@@H]1CCN[C@H]1O)[C@H](C(=O)N1CC2C(C1C(N)=O)C2(C)C)C(C)(C)C. The van der Waals surface area contributed by atoms with Gasteiger partial charge in [-0.2, -0.15) is 5.26 Å². The van der Waals surface area contributed by atoms with Crippen molar-refractivity contribution in [1.82, 2.24) is 15.1 Å². The lowest BCUT2D eigenvalue weighted by Gasteiger charge is -2.43. The van der Waals surface area contributed by atoms with E-state index in [0.29, 0.717) is 13.0 Å². The van der Waals surface area contributed by atoms with Crippen molar-refractivity contribution in [3.8, 4) is 6.07 Å². The van der Waals surface area contributed by atoms with Gasteiger partial charge in [0.15, 0.2) is 0 Å². The molecule has 168 valence electrons. The van der Waals surface area contributed by atoms with Crippen LogP contribution in [0, 0.1) is 39.9 Å². The molecule has 1 saturated carbocycles. The highest BCUT2D eigenvalue weighted by molar-refractivity contribution is 5.91. The number of hydrogen-bond donors (Lipinski definition) is 3. The van der Waals surface area contributed by atoms with Crippen LogP contribution in [0.5, 0.6) is 0 Å². The Hall–Kier alpha value is -1.69. The van der Waals surface area contributed by atoms with Crippen molar-refractivity contribution in [3.63, 3.8) is 0 Å². The number of hydrogen-bond acceptors (Lipinski definition) is 6. The van der Waals surface area contributed by atoms with E-state index in [1.807, 2.05) is 25.7 Å². The van der Waals surface area contributed by atoms with Crippen LogP contribution in [0.1, 0.15) is 47.5 Å². The number of rotatable bonds is 6. The van der Waals surface area contributed by atoms with E-state index in [9.17, 15) is 20.0 Å². The summed E-state index contributed by atoms with van der Waals surface area (Å²) >= 11 is 0. The highest BCUT2D eigenvalue weighted by Crippen LogP contribution is 2.64. The van der Waals surface area contributed by atoms with Crippen LogP contribution in [-0.2, 0) is 9.59 Å². The molecular weight excluding hydrogens is 382 g/mol. The number of piperidine rings is 1. The molecule has 3 fully saturated rings. The minimum absolute atomic E-state index is 0.0218. The lowest BCUT2D eigenvalue weighted by molar-refractivity contribution is -0.147. The van der Waals surface area contributed by atoms with Crippen molar-refractivity contribution in [2.45, 2.75) is 71.8 Å². The molecule has 2 heterocycles. The number of primary amides is 1. The largest absolute Gasteiger partial charge is 0.378 e. The normalized spacial score (nSPS) is 34.4. The quantitative estimate of drug-likeness (QED) is 0.577. The fraction of sp³-hybridized carbons (Fsp3) is 0.864. The van der Waals surface area contributed by atoms with E-state index in [2.05, 4.69) is 25.2 Å². The van der Waals surface area contributed by atoms with Gasteiger partial charge in [0.2, 0.25) is 11.8 Å². The van der Waals surface area contributed by atoms with Gasteiger partial charge in [-0.1, -0.05) is 34.6 Å². The van der Waals surface area contributed by atoms with Gasteiger partial charge in [-0.3, -0.25) is 19.8 Å². The first-order valence-electron chi connectivity index (χ1n) is 10.9. The van der Waals surface area contributed by atoms with Gasteiger partial charge in [0.1, 0.15) is 12.3 Å². The molecule has 0 radical (unpaired) electrons. The Bertz CT molecular complexity index is 740. The Kier molecular flexibility index (Phi) is 5.96. The summed E-state index contributed by atoms with van der Waals surface area (Å²) in [5, 5.41) is 23.0. The van der Waals surface area contributed by atoms with Crippen LogP contribution < -0.4 is 11.1 Å². The molecule has 1 aliphatic carbocycles. The third kappa shape index (κ3) is 3.83. The monoisotopic (exact) mass is 419 g/mol. The van der Waals surface area contributed by atoms with Gasteiger partial charge in [0.25, 0.3) is 0 Å². The summed E-state index contributed by atoms with van der Waals surface area (Å²) in [6.45, 7) is 11.4. The van der Waals surface area contributed by atoms with Gasteiger partial charge in [0, 0.05) is 12.5 Å². The van der Waals surface area contributed by atoms with Crippen LogP contribution in [-0.4, -0.2) is 71.2 Å². The average molecular weight is 420 g/mol. The molecule has 0 bridgehead atoms. The number of nitrogens with one attached hydrogen (secondary N) is 1. The first-order chi connectivity index (χ1) is 13.8. The third-order valence-electron chi connectivity index (χ3n) is 7.73. The molecule has 0 aromatic carbocycles. The van der Waals surface area contributed by atoms with Crippen molar-refractivity contribution in [2.24, 2.45) is 34.3 Å². The summed E-state index contributed by atoms with van der Waals surface area (Å²) in [7, 11) is 1.80. The molecule has 4 N–H and O–H groups in total. The number of aliphatic hydroxyl groups excluding tert-OH is 1. The van der Waals surface area contributed by atoms with Gasteiger partial charge < -0.3 is 15.7 Å². The smallest absolute Gasteiger partial charge is 0.241 e. The van der Waals surface area contributed by atoms with Crippen LogP contribution in [0.15, 0.2) is 0 Å². The number of nitrogens with two attached hydrogens (primary N) is 1. The molecule has 7 atom stereocenters. The number of fused-ring (bicyclic) bond motifs is 1. The third-order valence-corrected chi connectivity index (χ3v) is 7.73. The standard InChI is InChI=1S/C22H37N5O3/c1-21(2,3)17(26(6)13(10-23)9-12-7-8-25-19(12)29)20(30)27-11-14-15(22(14,4)5)16(27)18(24)28/h12-17,19,25,29H,7-9,11H2,1-6H3,(H2,24,28)/t12-,13-,14?,15?,16?,17+,19-/m0/s1. The van der Waals surface area contributed by atoms with Crippen molar-refractivity contribution < 1.29 is 14.7 Å². The van der Waals surface area contributed by atoms with Crippen LogP contribution >= 0.6 is 0 Å². The lowest BCUT2D eigenvalue weighted by Crippen LogP contribution is -2.60. The average Bonchev–Trinajstić information content (AvgIpc) is 3.01. The van der Waals surface area contributed by atoms with E-state index < -0.39 is 35.7 Å². The highest BCUT2D eigenvalue weighted by Gasteiger charge is 2.69. The zero-order chi connectivity index (χ0) is 22.6. The maximum Gasteiger partial charge on any atom is 0.241 e. The van der Waals surface area contributed by atoms with E-state index in [1.165, 1.54) is 0 Å². The van der Waals surface area contributed by atoms with Crippen molar-refractivity contribution in [1.29, 1.82) is 5.26 Å². The minimum atomic E-state index is -0.620. The zero-order valence-electron chi connectivity index (χ0n) is 19.1. The Morgan fingerprint density at radius 3 is 2.50 bits per heavy atom. The number of aliphatic hydroxyl groups is 1. The predicted molar refractivity (Wildman–Crippen MR) is 113 cm³/mol. The molecule has 3 aliphatic rings. The molecule has 8 nitrogen and oxygen atoms in total. The number of amides is 2. The second-order valence-corrected chi connectivity index (χ2v) is 11.1. The minimum Gasteiger partial charge on any atom is -0.378 e. The topological polar surface area (TPSA) is 123 Å². The maximum absolute atomic E-state index is 13.8. The first-order valence-corrected chi connectivity index (χ1v) is 10.9. The van der Waals surface area contributed by atoms with Crippen LogP contribution in [0.4, 0.5) is 0 Å². The van der Waals surface area contributed by atoms with Gasteiger partial charge in [-0.05, 0) is 49.1 Å². The van der Waals surface area contributed by atoms with E-state index >= 15 is 0 Å².